The van der Waals surface area contributed by atoms with Crippen molar-refractivity contribution in [1.82, 2.24) is 4.90 Å². The fraction of sp³-hybridized carbons (Fsp3) is 0.267. The van der Waals surface area contributed by atoms with Crippen molar-refractivity contribution in [3.8, 4) is 0 Å². The molecule has 4 amide bonds. The number of carboxylic acids is 1. The molecule has 0 fully saturated rings. The molecular formula is C30H29ClN4O5. The minimum atomic E-state index is -1.17. The number of hydrogen-bond acceptors (Lipinski definition) is 4. The third kappa shape index (κ3) is 5.37. The first-order valence-electron chi connectivity index (χ1n) is 13.1. The third-order valence-corrected chi connectivity index (χ3v) is 7.50. The van der Waals surface area contributed by atoms with Crippen molar-refractivity contribution in [2.45, 2.75) is 25.8 Å². The highest BCUT2D eigenvalue weighted by Crippen LogP contribution is 2.40. The molecule has 10 heteroatoms. The lowest BCUT2D eigenvalue weighted by molar-refractivity contribution is -0.136. The Bertz CT molecular complexity index is 1480. The maximum absolute atomic E-state index is 13.5. The van der Waals surface area contributed by atoms with Crippen LogP contribution in [0, 0.1) is 0 Å². The SMILES string of the molecule is CN(Cc1ccc(C(=O)N2CCCCc3ccccc32)cc1)C(=O)N1CC(=O)N(CC(=O)O)c2cccc(Cl)c21. The second kappa shape index (κ2) is 11.4. The molecule has 0 saturated heterocycles. The van der Waals surface area contributed by atoms with Crippen LogP contribution in [0.3, 0.4) is 0 Å². The number of carboxylic acid groups (broad SMARTS) is 1. The Hall–Kier alpha value is -4.37. The number of urea groups is 1. The molecule has 0 saturated carbocycles. The van der Waals surface area contributed by atoms with Crippen molar-refractivity contribution in [3.05, 3.63) is 88.4 Å². The molecule has 0 spiro atoms. The first-order chi connectivity index (χ1) is 19.2. The van der Waals surface area contributed by atoms with Gasteiger partial charge >= 0.3 is 12.0 Å². The van der Waals surface area contributed by atoms with Gasteiger partial charge in [-0.25, -0.2) is 4.79 Å². The highest BCUT2D eigenvalue weighted by Gasteiger charge is 2.36. The summed E-state index contributed by atoms with van der Waals surface area (Å²) in [6.07, 6.45) is 2.93. The second-order valence-electron chi connectivity index (χ2n) is 9.95. The van der Waals surface area contributed by atoms with Gasteiger partial charge in [0.1, 0.15) is 13.1 Å². The van der Waals surface area contributed by atoms with E-state index in [4.69, 9.17) is 11.6 Å². The molecule has 40 heavy (non-hydrogen) atoms. The molecule has 9 nitrogen and oxygen atoms in total. The van der Waals surface area contributed by atoms with Crippen molar-refractivity contribution in [2.24, 2.45) is 0 Å². The molecule has 0 aliphatic carbocycles. The zero-order chi connectivity index (χ0) is 28.4. The van der Waals surface area contributed by atoms with Gasteiger partial charge in [-0.15, -0.1) is 0 Å². The van der Waals surface area contributed by atoms with Gasteiger partial charge in [-0.2, -0.15) is 0 Å². The number of nitrogens with zero attached hydrogens (tertiary/aromatic N) is 4. The number of anilines is 3. The summed E-state index contributed by atoms with van der Waals surface area (Å²) in [6, 6.07) is 19.5. The standard InChI is InChI=1S/C30H29ClN4O5/c1-32(30(40)35-18-26(36)34(19-27(37)38)25-11-6-9-23(31)28(25)35)17-20-12-14-22(15-13-20)29(39)33-16-5-4-8-21-7-2-3-10-24(21)33/h2-3,6-7,9-15H,4-5,8,16-19H2,1H3,(H,37,38). The summed E-state index contributed by atoms with van der Waals surface area (Å²) in [5, 5.41) is 9.49. The van der Waals surface area contributed by atoms with E-state index in [1.54, 1.807) is 37.4 Å². The smallest absolute Gasteiger partial charge is 0.325 e. The lowest BCUT2D eigenvalue weighted by atomic mass is 10.1. The Morgan fingerprint density at radius 2 is 1.65 bits per heavy atom. The van der Waals surface area contributed by atoms with Crippen LogP contribution in [0.5, 0.6) is 0 Å². The molecule has 206 valence electrons. The molecule has 3 aromatic carbocycles. The van der Waals surface area contributed by atoms with Gasteiger partial charge < -0.3 is 14.9 Å². The van der Waals surface area contributed by atoms with Gasteiger partial charge in [0.2, 0.25) is 5.91 Å². The van der Waals surface area contributed by atoms with E-state index >= 15 is 0 Å². The predicted octanol–water partition coefficient (Wildman–Crippen LogP) is 4.81. The number of benzene rings is 3. The highest BCUT2D eigenvalue weighted by atomic mass is 35.5. The van der Waals surface area contributed by atoms with Crippen molar-refractivity contribution in [2.75, 3.05) is 41.4 Å². The predicted molar refractivity (Wildman–Crippen MR) is 153 cm³/mol. The van der Waals surface area contributed by atoms with E-state index in [0.717, 1.165) is 35.4 Å². The largest absolute Gasteiger partial charge is 0.480 e. The molecule has 3 aromatic rings. The van der Waals surface area contributed by atoms with E-state index in [1.165, 1.54) is 15.4 Å². The average Bonchev–Trinajstić information content (AvgIpc) is 3.16. The lowest BCUT2D eigenvalue weighted by Gasteiger charge is -2.37. The summed E-state index contributed by atoms with van der Waals surface area (Å²) in [7, 11) is 1.61. The number of fused-ring (bicyclic) bond motifs is 2. The van der Waals surface area contributed by atoms with Gasteiger partial charge in [0.05, 0.1) is 16.4 Å². The third-order valence-electron chi connectivity index (χ3n) is 7.20. The normalized spacial score (nSPS) is 14.8. The van der Waals surface area contributed by atoms with Crippen LogP contribution in [0.1, 0.15) is 34.3 Å². The van der Waals surface area contributed by atoms with Gasteiger partial charge in [-0.3, -0.25) is 24.2 Å². The minimum absolute atomic E-state index is 0.0608. The van der Waals surface area contributed by atoms with E-state index in [-0.39, 0.29) is 29.7 Å². The number of halogens is 1. The van der Waals surface area contributed by atoms with Gasteiger partial charge in [0, 0.05) is 31.4 Å². The number of amides is 4. The summed E-state index contributed by atoms with van der Waals surface area (Å²) in [4.78, 5) is 56.7. The van der Waals surface area contributed by atoms with Crippen molar-refractivity contribution in [1.29, 1.82) is 0 Å². The van der Waals surface area contributed by atoms with E-state index in [0.29, 0.717) is 17.8 Å². The van der Waals surface area contributed by atoms with Crippen LogP contribution in [0.4, 0.5) is 21.9 Å². The van der Waals surface area contributed by atoms with Crippen LogP contribution in [-0.2, 0) is 22.6 Å². The fourth-order valence-corrected chi connectivity index (χ4v) is 5.52. The van der Waals surface area contributed by atoms with E-state index in [2.05, 4.69) is 6.07 Å². The molecule has 0 aromatic heterocycles. The number of carbonyl (C=O) groups is 4. The van der Waals surface area contributed by atoms with Crippen molar-refractivity contribution < 1.29 is 24.3 Å². The maximum Gasteiger partial charge on any atom is 0.325 e. The molecule has 0 unspecified atom stereocenters. The minimum Gasteiger partial charge on any atom is -0.480 e. The van der Waals surface area contributed by atoms with E-state index in [1.807, 2.05) is 35.2 Å². The van der Waals surface area contributed by atoms with Crippen LogP contribution in [-0.4, -0.2) is 60.5 Å². The first-order valence-corrected chi connectivity index (χ1v) is 13.4. The Balaban J connectivity index is 1.31. The number of para-hydroxylation sites is 2. The average molecular weight is 561 g/mol. The molecule has 2 heterocycles. The molecule has 1 N–H and O–H groups in total. The molecule has 5 rings (SSSR count). The Labute approximate surface area is 237 Å². The van der Waals surface area contributed by atoms with Gasteiger partial charge in [0.15, 0.2) is 0 Å². The highest BCUT2D eigenvalue weighted by molar-refractivity contribution is 6.35. The molecule has 0 bridgehead atoms. The van der Waals surface area contributed by atoms with E-state index < -0.39 is 24.5 Å². The summed E-state index contributed by atoms with van der Waals surface area (Å²) in [5.41, 5.74) is 4.06. The maximum atomic E-state index is 13.5. The Kier molecular flexibility index (Phi) is 7.75. The zero-order valence-corrected chi connectivity index (χ0v) is 22.8. The van der Waals surface area contributed by atoms with Crippen LogP contribution < -0.4 is 14.7 Å². The number of rotatable bonds is 5. The van der Waals surface area contributed by atoms with Crippen LogP contribution in [0.15, 0.2) is 66.7 Å². The number of carbonyl (C=O) groups excluding carboxylic acids is 3. The van der Waals surface area contributed by atoms with Gasteiger partial charge in [-0.05, 0) is 60.7 Å². The van der Waals surface area contributed by atoms with Crippen LogP contribution in [0.25, 0.3) is 0 Å². The lowest BCUT2D eigenvalue weighted by Crippen LogP contribution is -2.52. The van der Waals surface area contributed by atoms with Crippen molar-refractivity contribution >= 4 is 52.5 Å². The molecule has 0 atom stereocenters. The van der Waals surface area contributed by atoms with Crippen LogP contribution >= 0.6 is 11.6 Å². The number of aliphatic carboxylic acids is 1. The quantitative estimate of drug-likeness (QED) is 0.482. The van der Waals surface area contributed by atoms with Crippen molar-refractivity contribution in [3.63, 3.8) is 0 Å². The summed E-state index contributed by atoms with van der Waals surface area (Å²) < 4.78 is 0. The topological polar surface area (TPSA) is 101 Å². The molecule has 2 aliphatic rings. The number of hydrogen-bond donors (Lipinski definition) is 1. The number of aryl methyl sites for hydroxylation is 1. The second-order valence-corrected chi connectivity index (χ2v) is 10.4. The first kappa shape index (κ1) is 27.2. The summed E-state index contributed by atoms with van der Waals surface area (Å²) in [5.74, 6) is -1.75. The van der Waals surface area contributed by atoms with Gasteiger partial charge in [-0.1, -0.05) is 48.0 Å². The van der Waals surface area contributed by atoms with E-state index in [9.17, 15) is 24.3 Å². The molecule has 2 aliphatic heterocycles. The molecular weight excluding hydrogens is 532 g/mol. The zero-order valence-electron chi connectivity index (χ0n) is 22.0. The Morgan fingerprint density at radius 3 is 2.40 bits per heavy atom. The Morgan fingerprint density at radius 1 is 0.925 bits per heavy atom. The summed E-state index contributed by atoms with van der Waals surface area (Å²) in [6.45, 7) is 0.0244. The monoisotopic (exact) mass is 560 g/mol. The fourth-order valence-electron chi connectivity index (χ4n) is 5.25. The van der Waals surface area contributed by atoms with Gasteiger partial charge in [0.25, 0.3) is 5.91 Å². The molecule has 0 radical (unpaired) electrons. The summed E-state index contributed by atoms with van der Waals surface area (Å²) >= 11 is 6.41. The van der Waals surface area contributed by atoms with Crippen LogP contribution in [0.2, 0.25) is 5.02 Å².